The fourth-order valence-electron chi connectivity index (χ4n) is 10.4. The molecule has 10 atom stereocenters. The van der Waals surface area contributed by atoms with Crippen LogP contribution in [-0.4, -0.2) is 124 Å². The molecule has 6 N–H and O–H groups in total. The third kappa shape index (κ3) is 11.0. The van der Waals surface area contributed by atoms with Crippen LogP contribution in [0.5, 0.6) is 0 Å². The van der Waals surface area contributed by atoms with Gasteiger partial charge in [-0.3, -0.25) is 24.0 Å². The van der Waals surface area contributed by atoms with Gasteiger partial charge in [0.2, 0.25) is 29.5 Å². The zero-order valence-corrected chi connectivity index (χ0v) is 40.2. The number of nitrogens with one attached hydrogen (secondary N) is 6. The molecular formula is C50H73N11O5. The first-order valence-corrected chi connectivity index (χ1v) is 24.3. The van der Waals surface area contributed by atoms with E-state index < -0.39 is 35.6 Å². The molecule has 0 saturated carbocycles. The number of fused-ring (bicyclic) bond motifs is 2. The van der Waals surface area contributed by atoms with Crippen molar-refractivity contribution in [3.63, 3.8) is 0 Å². The van der Waals surface area contributed by atoms with Crippen molar-refractivity contribution < 1.29 is 24.0 Å². The summed E-state index contributed by atoms with van der Waals surface area (Å²) in [6.45, 7) is 12.3. The second-order valence-electron chi connectivity index (χ2n) is 20.2. The maximum absolute atomic E-state index is 14.9. The number of amides is 5. The van der Waals surface area contributed by atoms with Gasteiger partial charge >= 0.3 is 0 Å². The van der Waals surface area contributed by atoms with Crippen LogP contribution in [0.25, 0.3) is 0 Å². The van der Waals surface area contributed by atoms with Crippen molar-refractivity contribution in [2.24, 2.45) is 5.41 Å². The van der Waals surface area contributed by atoms with Gasteiger partial charge in [-0.2, -0.15) is 0 Å². The highest BCUT2D eigenvalue weighted by Gasteiger charge is 2.46. The van der Waals surface area contributed by atoms with E-state index in [0.29, 0.717) is 38.0 Å². The average Bonchev–Trinajstić information content (AvgIpc) is 4.10. The van der Waals surface area contributed by atoms with Gasteiger partial charge in [-0.15, -0.1) is 5.10 Å². The van der Waals surface area contributed by atoms with E-state index in [0.717, 1.165) is 44.1 Å². The van der Waals surface area contributed by atoms with Crippen LogP contribution in [0.15, 0.2) is 54.7 Å². The zero-order valence-electron chi connectivity index (χ0n) is 40.2. The second-order valence-corrected chi connectivity index (χ2v) is 20.2. The normalized spacial score (nSPS) is 24.0. The van der Waals surface area contributed by atoms with Crippen molar-refractivity contribution in [2.75, 3.05) is 27.2 Å². The number of carbonyl (C=O) groups excluding carboxylic acids is 5. The summed E-state index contributed by atoms with van der Waals surface area (Å²) in [6.07, 6.45) is 9.52. The molecule has 2 aliphatic heterocycles. The second kappa shape index (κ2) is 21.2. The molecule has 3 heterocycles. The molecule has 0 spiro atoms. The first-order valence-electron chi connectivity index (χ1n) is 24.3. The molecule has 16 heteroatoms. The standard InChI is InChI=1S/C50H73N11O5/c1-30(53-39-22-13-18-33-16-9-11-20-37(33)39)43-27-36(29-60(43)49(66)44(50(4,5)6)56-46(63)32(3)52-8)61-28-35(57-58-61)26-41(55-45(62)31(2)51-7)48(65)59-25-15-24-42(59)47(64)54-40-23-14-19-34-17-10-12-21-38(34)40/h9-12,16-17,20-21,28,30-32,36,39-44,51-53H,13-15,18-19,22-27,29H2,1-8H3,(H,54,64)(H,55,62)(H,56,63)/t30?,31-,32-,36-,39+,40+,41-,42-,43-,44+/m0/s1. The van der Waals surface area contributed by atoms with Gasteiger partial charge in [0.1, 0.15) is 18.1 Å². The number of likely N-dealkylation sites (tertiary alicyclic amines) is 2. The molecule has 0 bridgehead atoms. The van der Waals surface area contributed by atoms with Crippen LogP contribution in [-0.2, 0) is 43.2 Å². The van der Waals surface area contributed by atoms with E-state index in [2.05, 4.69) is 85.5 Å². The Labute approximate surface area is 390 Å². The molecule has 1 aromatic heterocycles. The van der Waals surface area contributed by atoms with Crippen molar-refractivity contribution in [1.29, 1.82) is 0 Å². The van der Waals surface area contributed by atoms with Crippen molar-refractivity contribution in [3.05, 3.63) is 82.7 Å². The number of rotatable bonds is 16. The van der Waals surface area contributed by atoms with Crippen LogP contribution in [0.2, 0.25) is 0 Å². The van der Waals surface area contributed by atoms with Crippen molar-refractivity contribution in [1.82, 2.24) is 56.7 Å². The van der Waals surface area contributed by atoms with Gasteiger partial charge in [-0.25, -0.2) is 4.68 Å². The predicted molar refractivity (Wildman–Crippen MR) is 253 cm³/mol. The Hall–Kier alpha value is -5.19. The molecule has 3 aromatic rings. The van der Waals surface area contributed by atoms with Crippen molar-refractivity contribution >= 4 is 29.5 Å². The highest BCUT2D eigenvalue weighted by atomic mass is 16.2. The number of benzene rings is 2. The lowest BCUT2D eigenvalue weighted by Crippen LogP contribution is -2.60. The monoisotopic (exact) mass is 908 g/mol. The van der Waals surface area contributed by atoms with E-state index in [-0.39, 0.29) is 66.2 Å². The molecule has 2 aromatic carbocycles. The number of likely N-dealkylation sites (N-methyl/N-ethyl adjacent to an activating group) is 2. The third-order valence-corrected chi connectivity index (χ3v) is 14.6. The van der Waals surface area contributed by atoms with Gasteiger partial charge < -0.3 is 41.7 Å². The van der Waals surface area contributed by atoms with Gasteiger partial charge in [0.15, 0.2) is 0 Å². The molecule has 2 aliphatic carbocycles. The summed E-state index contributed by atoms with van der Waals surface area (Å²) in [5.41, 5.74) is 4.92. The van der Waals surface area contributed by atoms with E-state index in [1.54, 1.807) is 37.5 Å². The summed E-state index contributed by atoms with van der Waals surface area (Å²) in [6, 6.07) is 12.6. The van der Waals surface area contributed by atoms with E-state index in [1.165, 1.54) is 16.7 Å². The summed E-state index contributed by atoms with van der Waals surface area (Å²) in [5, 5.41) is 28.3. The molecule has 4 aliphatic rings. The summed E-state index contributed by atoms with van der Waals surface area (Å²) >= 11 is 0. The lowest BCUT2D eigenvalue weighted by molar-refractivity contribution is -0.141. The van der Waals surface area contributed by atoms with E-state index in [9.17, 15) is 24.0 Å². The number of carbonyl (C=O) groups is 5. The molecule has 358 valence electrons. The smallest absolute Gasteiger partial charge is 0.246 e. The van der Waals surface area contributed by atoms with Crippen LogP contribution in [0.1, 0.15) is 133 Å². The number of nitrogens with zero attached hydrogens (tertiary/aromatic N) is 5. The maximum atomic E-state index is 14.9. The summed E-state index contributed by atoms with van der Waals surface area (Å²) in [4.78, 5) is 73.7. The minimum atomic E-state index is -1.00. The lowest BCUT2D eigenvalue weighted by atomic mass is 9.85. The van der Waals surface area contributed by atoms with Gasteiger partial charge in [0.05, 0.1) is 29.9 Å². The third-order valence-electron chi connectivity index (χ3n) is 14.6. The number of hydrogen-bond donors (Lipinski definition) is 6. The Kier molecular flexibility index (Phi) is 15.6. The number of hydrogen-bond acceptors (Lipinski definition) is 10. The average molecular weight is 908 g/mol. The minimum absolute atomic E-state index is 0.0570. The largest absolute Gasteiger partial charge is 0.347 e. The zero-order chi connectivity index (χ0) is 47.3. The Morgan fingerprint density at radius 2 is 1.36 bits per heavy atom. The van der Waals surface area contributed by atoms with Crippen LogP contribution < -0.4 is 31.9 Å². The Morgan fingerprint density at radius 1 is 0.758 bits per heavy atom. The summed E-state index contributed by atoms with van der Waals surface area (Å²) in [5.74, 6) is -1.28. The highest BCUT2D eigenvalue weighted by Crippen LogP contribution is 2.36. The van der Waals surface area contributed by atoms with Crippen molar-refractivity contribution in [2.45, 2.75) is 166 Å². The summed E-state index contributed by atoms with van der Waals surface area (Å²) < 4.78 is 1.78. The van der Waals surface area contributed by atoms with Crippen LogP contribution in [0.4, 0.5) is 0 Å². The van der Waals surface area contributed by atoms with Gasteiger partial charge in [0.25, 0.3) is 0 Å². The Balaban J connectivity index is 1.11. The molecule has 1 unspecified atom stereocenters. The highest BCUT2D eigenvalue weighted by molar-refractivity contribution is 5.94. The topological polar surface area (TPSA) is 195 Å². The van der Waals surface area contributed by atoms with Gasteiger partial charge in [-0.1, -0.05) is 74.5 Å². The maximum Gasteiger partial charge on any atom is 0.246 e. The molecular weight excluding hydrogens is 835 g/mol. The molecule has 7 rings (SSSR count). The fourth-order valence-corrected chi connectivity index (χ4v) is 10.4. The van der Waals surface area contributed by atoms with Crippen molar-refractivity contribution in [3.8, 4) is 0 Å². The lowest BCUT2D eigenvalue weighted by Gasteiger charge is -2.39. The molecule has 0 radical (unpaired) electrons. The Morgan fingerprint density at radius 3 is 2.00 bits per heavy atom. The van der Waals surface area contributed by atoms with Crippen LogP contribution in [0, 0.1) is 5.41 Å². The number of aryl methyl sites for hydroxylation is 2. The van der Waals surface area contributed by atoms with Crippen LogP contribution >= 0.6 is 0 Å². The quantitative estimate of drug-likeness (QED) is 0.124. The van der Waals surface area contributed by atoms with Gasteiger partial charge in [0, 0.05) is 43.8 Å². The minimum Gasteiger partial charge on any atom is -0.347 e. The predicted octanol–water partition coefficient (Wildman–Crippen LogP) is 3.43. The fraction of sp³-hybridized carbons (Fsp3) is 0.620. The molecule has 2 fully saturated rings. The molecule has 66 heavy (non-hydrogen) atoms. The summed E-state index contributed by atoms with van der Waals surface area (Å²) in [7, 11) is 3.40. The first kappa shape index (κ1) is 48.7. The SMILES string of the molecule is CN[C@@H](C)C(=O)N[C@@H](Cc1cn([C@H]2C[C@@H](C(C)N[C@@H]3CCCc4ccccc43)N(C(=O)[C@@H](NC(=O)[C@H](C)NC)C(C)(C)C)C2)nn1)C(=O)N1CCC[C@H]1C(=O)N[C@@H]1CCCc2ccccc21. The Bertz CT molecular complexity index is 2210. The van der Waals surface area contributed by atoms with E-state index >= 15 is 0 Å². The molecule has 5 amide bonds. The number of aromatic nitrogens is 3. The van der Waals surface area contributed by atoms with Gasteiger partial charge in [-0.05, 0) is 120 Å². The first-order chi connectivity index (χ1) is 31.6. The molecule has 16 nitrogen and oxygen atoms in total. The van der Waals surface area contributed by atoms with E-state index in [4.69, 9.17) is 0 Å². The van der Waals surface area contributed by atoms with E-state index in [1.807, 2.05) is 44.0 Å². The van der Waals surface area contributed by atoms with Crippen LogP contribution in [0.3, 0.4) is 0 Å². The molecule has 2 saturated heterocycles.